The number of hydrogen-bond acceptors (Lipinski definition) is 5. The molecule has 1 amide bonds. The van der Waals surface area contributed by atoms with Crippen LogP contribution in [0.3, 0.4) is 0 Å². The van der Waals surface area contributed by atoms with Crippen molar-refractivity contribution in [3.05, 3.63) is 36.4 Å². The highest BCUT2D eigenvalue weighted by Crippen LogP contribution is 2.31. The summed E-state index contributed by atoms with van der Waals surface area (Å²) in [5.74, 6) is 1.21. The monoisotopic (exact) mass is 453 g/mol. The number of aryl methyl sites for hydroxylation is 1. The van der Waals surface area contributed by atoms with Crippen molar-refractivity contribution in [1.29, 1.82) is 0 Å². The van der Waals surface area contributed by atoms with E-state index in [2.05, 4.69) is 25.3 Å². The fourth-order valence-corrected chi connectivity index (χ4v) is 4.52. The Balaban J connectivity index is 1.40. The number of imidazole rings is 1. The summed E-state index contributed by atoms with van der Waals surface area (Å²) in [6.45, 7) is 4.40. The zero-order valence-electron chi connectivity index (χ0n) is 18.5. The van der Waals surface area contributed by atoms with E-state index < -0.39 is 6.43 Å². The number of halogens is 2. The molecule has 3 aromatic heterocycles. The second kappa shape index (κ2) is 8.42. The van der Waals surface area contributed by atoms with Gasteiger partial charge in [-0.05, 0) is 37.5 Å². The van der Waals surface area contributed by atoms with Crippen LogP contribution in [0, 0.1) is 6.92 Å². The number of carbonyl (C=O) groups excluding carboxylic acids is 1. The van der Waals surface area contributed by atoms with Gasteiger partial charge in [-0.1, -0.05) is 6.07 Å². The first-order valence-corrected chi connectivity index (χ1v) is 11.0. The average molecular weight is 453 g/mol. The molecule has 1 aliphatic heterocycles. The number of rotatable bonds is 5. The zero-order valence-corrected chi connectivity index (χ0v) is 18.5. The van der Waals surface area contributed by atoms with Gasteiger partial charge in [-0.3, -0.25) is 4.79 Å². The topological polar surface area (TPSA) is 91.7 Å². The van der Waals surface area contributed by atoms with E-state index in [-0.39, 0.29) is 18.5 Å². The number of alkyl halides is 2. The summed E-state index contributed by atoms with van der Waals surface area (Å²) in [5.41, 5.74) is 3.84. The Bertz CT molecular complexity index is 1320. The van der Waals surface area contributed by atoms with Gasteiger partial charge >= 0.3 is 0 Å². The number of H-pyrrole nitrogens is 1. The number of nitrogens with one attached hydrogen (secondary N) is 2. The Morgan fingerprint density at radius 3 is 2.79 bits per heavy atom. The van der Waals surface area contributed by atoms with Crippen molar-refractivity contribution in [3.63, 3.8) is 0 Å². The van der Waals surface area contributed by atoms with Crippen LogP contribution in [0.2, 0.25) is 0 Å². The highest BCUT2D eigenvalue weighted by atomic mass is 19.3. The molecule has 1 fully saturated rings. The summed E-state index contributed by atoms with van der Waals surface area (Å²) in [4.78, 5) is 30.1. The molecule has 1 aliphatic rings. The van der Waals surface area contributed by atoms with E-state index in [1.807, 2.05) is 29.3 Å². The molecule has 0 radical (unpaired) electrons. The first-order chi connectivity index (χ1) is 15.9. The predicted molar refractivity (Wildman–Crippen MR) is 122 cm³/mol. The number of amides is 1. The van der Waals surface area contributed by atoms with Gasteiger partial charge in [0.05, 0.1) is 17.6 Å². The Hall–Kier alpha value is -3.56. The number of anilines is 1. The van der Waals surface area contributed by atoms with Crippen LogP contribution in [0.25, 0.3) is 33.2 Å². The predicted octanol–water partition coefficient (Wildman–Crippen LogP) is 3.97. The number of aromatic amines is 1. The second-order valence-electron chi connectivity index (χ2n) is 8.45. The van der Waals surface area contributed by atoms with Gasteiger partial charge in [-0.25, -0.2) is 18.7 Å². The summed E-state index contributed by atoms with van der Waals surface area (Å²) in [7, 11) is 0. The van der Waals surface area contributed by atoms with Crippen LogP contribution in [-0.4, -0.2) is 60.9 Å². The molecule has 2 N–H and O–H groups in total. The summed E-state index contributed by atoms with van der Waals surface area (Å²) in [6, 6.07) is 5.88. The lowest BCUT2D eigenvalue weighted by Crippen LogP contribution is -2.41. The number of hydrogen-bond donors (Lipinski definition) is 2. The third-order valence-electron chi connectivity index (χ3n) is 6.28. The van der Waals surface area contributed by atoms with Crippen LogP contribution in [0.1, 0.15) is 25.6 Å². The summed E-state index contributed by atoms with van der Waals surface area (Å²) in [6.07, 6.45) is 2.88. The van der Waals surface area contributed by atoms with Crippen molar-refractivity contribution in [2.45, 2.75) is 45.7 Å². The summed E-state index contributed by atoms with van der Waals surface area (Å²) < 4.78 is 27.7. The maximum atomic E-state index is 13.1. The lowest BCUT2D eigenvalue weighted by Gasteiger charge is -2.31. The van der Waals surface area contributed by atoms with Gasteiger partial charge in [-0.15, -0.1) is 0 Å². The van der Waals surface area contributed by atoms with Crippen LogP contribution in [0.4, 0.5) is 14.7 Å². The van der Waals surface area contributed by atoms with Crippen molar-refractivity contribution in [3.8, 4) is 11.1 Å². The van der Waals surface area contributed by atoms with E-state index in [9.17, 15) is 13.6 Å². The second-order valence-corrected chi connectivity index (χ2v) is 8.45. The maximum Gasteiger partial charge on any atom is 0.256 e. The van der Waals surface area contributed by atoms with Gasteiger partial charge in [0.15, 0.2) is 0 Å². The Morgan fingerprint density at radius 1 is 1.27 bits per heavy atom. The average Bonchev–Trinajstić information content (AvgIpc) is 3.34. The minimum absolute atomic E-state index is 0.107. The Morgan fingerprint density at radius 2 is 2.06 bits per heavy atom. The van der Waals surface area contributed by atoms with Gasteiger partial charge < -0.3 is 19.8 Å². The van der Waals surface area contributed by atoms with Gasteiger partial charge in [0.2, 0.25) is 11.9 Å². The molecule has 8 nitrogen and oxygen atoms in total. The minimum atomic E-state index is -2.45. The number of aromatic nitrogens is 5. The number of fused-ring (bicyclic) bond motifs is 2. The van der Waals surface area contributed by atoms with Crippen molar-refractivity contribution < 1.29 is 13.6 Å². The van der Waals surface area contributed by atoms with E-state index in [4.69, 9.17) is 0 Å². The van der Waals surface area contributed by atoms with Crippen molar-refractivity contribution in [1.82, 2.24) is 29.4 Å². The largest absolute Gasteiger partial charge is 0.351 e. The molecular formula is C23H25F2N7O. The fraction of sp³-hybridized carbons (Fsp3) is 0.391. The number of benzene rings is 1. The number of nitrogens with zero attached hydrogens (tertiary/aromatic N) is 5. The molecule has 4 heterocycles. The SMILES string of the molecule is CC(=O)N1CCC(Nc2ncc3c(-c4ccc5nc(C)n(CC(F)F)c5c4)c[nH]c3n2)CC1. The van der Waals surface area contributed by atoms with Crippen molar-refractivity contribution >= 4 is 33.9 Å². The molecule has 4 aromatic rings. The molecule has 1 aromatic carbocycles. The standard InChI is InChI=1S/C23H25F2N7O/c1-13-28-19-4-3-15(9-20(19)32(13)12-21(24)25)17-10-26-22-18(17)11-27-23(30-22)29-16-5-7-31(8-6-16)14(2)33/h3-4,9-11,16,21H,5-8,12H2,1-2H3,(H2,26,27,29,30). The summed E-state index contributed by atoms with van der Waals surface area (Å²) >= 11 is 0. The number of likely N-dealkylation sites (tertiary alicyclic amines) is 1. The molecule has 10 heteroatoms. The van der Waals surface area contributed by atoms with Gasteiger partial charge in [-0.2, -0.15) is 4.98 Å². The number of piperidine rings is 1. The Kier molecular flexibility index (Phi) is 5.43. The lowest BCUT2D eigenvalue weighted by molar-refractivity contribution is -0.129. The number of carbonyl (C=O) groups is 1. The molecule has 0 saturated carbocycles. The molecular weight excluding hydrogens is 428 g/mol. The van der Waals surface area contributed by atoms with Crippen molar-refractivity contribution in [2.24, 2.45) is 0 Å². The molecule has 0 unspecified atom stereocenters. The van der Waals surface area contributed by atoms with Crippen LogP contribution in [0.15, 0.2) is 30.6 Å². The lowest BCUT2D eigenvalue weighted by atomic mass is 10.1. The van der Waals surface area contributed by atoms with Gasteiger partial charge in [0.1, 0.15) is 11.5 Å². The third kappa shape index (κ3) is 4.12. The quantitative estimate of drug-likeness (QED) is 0.477. The fourth-order valence-electron chi connectivity index (χ4n) is 4.52. The van der Waals surface area contributed by atoms with Crippen LogP contribution < -0.4 is 5.32 Å². The van der Waals surface area contributed by atoms with Crippen LogP contribution in [0.5, 0.6) is 0 Å². The normalized spacial score (nSPS) is 15.1. The van der Waals surface area contributed by atoms with Gasteiger partial charge in [0, 0.05) is 49.4 Å². The highest BCUT2D eigenvalue weighted by Gasteiger charge is 2.21. The van der Waals surface area contributed by atoms with E-state index in [0.29, 0.717) is 28.5 Å². The molecule has 0 atom stereocenters. The summed E-state index contributed by atoms with van der Waals surface area (Å²) in [5, 5.41) is 4.22. The van der Waals surface area contributed by atoms with Crippen LogP contribution in [-0.2, 0) is 11.3 Å². The molecule has 33 heavy (non-hydrogen) atoms. The van der Waals surface area contributed by atoms with Crippen LogP contribution >= 0.6 is 0 Å². The zero-order chi connectivity index (χ0) is 23.1. The molecule has 0 bridgehead atoms. The minimum Gasteiger partial charge on any atom is -0.351 e. The van der Waals surface area contributed by atoms with E-state index in [0.717, 1.165) is 42.4 Å². The third-order valence-corrected chi connectivity index (χ3v) is 6.28. The maximum absolute atomic E-state index is 13.1. The van der Waals surface area contributed by atoms with Crippen molar-refractivity contribution in [2.75, 3.05) is 18.4 Å². The first kappa shape index (κ1) is 21.3. The van der Waals surface area contributed by atoms with E-state index >= 15 is 0 Å². The van der Waals surface area contributed by atoms with E-state index in [1.54, 1.807) is 24.6 Å². The molecule has 0 aliphatic carbocycles. The molecule has 172 valence electrons. The molecule has 1 saturated heterocycles. The smallest absolute Gasteiger partial charge is 0.256 e. The van der Waals surface area contributed by atoms with Gasteiger partial charge in [0.25, 0.3) is 6.43 Å². The van der Waals surface area contributed by atoms with E-state index in [1.165, 1.54) is 0 Å². The highest BCUT2D eigenvalue weighted by molar-refractivity contribution is 5.95. The molecule has 0 spiro atoms. The first-order valence-electron chi connectivity index (χ1n) is 11.0. The Labute approximate surface area is 189 Å². The molecule has 5 rings (SSSR count).